The molecule has 0 aliphatic heterocycles. The Morgan fingerprint density at radius 3 is 2.75 bits per heavy atom. The molecule has 2 rings (SSSR count). The molecule has 0 bridgehead atoms. The van der Waals surface area contributed by atoms with Gasteiger partial charge >= 0.3 is 5.69 Å². The summed E-state index contributed by atoms with van der Waals surface area (Å²) < 4.78 is 5.57. The number of ketones is 1. The highest BCUT2D eigenvalue weighted by molar-refractivity contribution is 7.16. The Labute approximate surface area is 120 Å². The van der Waals surface area contributed by atoms with E-state index in [1.807, 2.05) is 25.1 Å². The van der Waals surface area contributed by atoms with Gasteiger partial charge in [0.2, 0.25) is 0 Å². The molecule has 0 saturated carbocycles. The molecule has 2 aromatic rings. The first-order valence-corrected chi connectivity index (χ1v) is 6.89. The highest BCUT2D eigenvalue weighted by Crippen LogP contribution is 2.40. The van der Waals surface area contributed by atoms with Crippen molar-refractivity contribution in [3.05, 3.63) is 50.9 Å². The zero-order chi connectivity index (χ0) is 14.7. The number of carbonyl (C=O) groups is 1. The van der Waals surface area contributed by atoms with Gasteiger partial charge in [-0.2, -0.15) is 0 Å². The van der Waals surface area contributed by atoms with Crippen LogP contribution in [0.15, 0.2) is 30.3 Å². The van der Waals surface area contributed by atoms with Gasteiger partial charge < -0.3 is 4.74 Å². The lowest BCUT2D eigenvalue weighted by Gasteiger charge is -2.04. The van der Waals surface area contributed by atoms with Gasteiger partial charge in [0.05, 0.1) is 9.80 Å². The highest BCUT2D eigenvalue weighted by Gasteiger charge is 2.22. The second-order valence-corrected chi connectivity index (χ2v) is 5.21. The molecule has 6 heteroatoms. The Kier molecular flexibility index (Phi) is 4.14. The van der Waals surface area contributed by atoms with Crippen LogP contribution < -0.4 is 4.74 Å². The number of ether oxygens (including phenoxy) is 1. The average molecular weight is 291 g/mol. The summed E-state index contributed by atoms with van der Waals surface area (Å²) in [4.78, 5) is 22.1. The number of thiophene rings is 1. The quantitative estimate of drug-likeness (QED) is 0.470. The van der Waals surface area contributed by atoms with Crippen LogP contribution >= 0.6 is 11.3 Å². The summed E-state index contributed by atoms with van der Waals surface area (Å²) in [5.74, 6) is 0.319. The average Bonchev–Trinajstić information content (AvgIpc) is 2.83. The van der Waals surface area contributed by atoms with Gasteiger partial charge in [-0.05, 0) is 31.0 Å². The lowest BCUT2D eigenvalue weighted by molar-refractivity contribution is -0.385. The first kappa shape index (κ1) is 14.2. The number of rotatable bonds is 5. The molecule has 0 aliphatic rings. The highest BCUT2D eigenvalue weighted by atomic mass is 32.1. The van der Waals surface area contributed by atoms with Gasteiger partial charge in [0.1, 0.15) is 5.75 Å². The SMILES string of the molecule is CCc1cccc(Oc2sc(C(C)=O)cc2[N+](=O)[O-])c1. The van der Waals surface area contributed by atoms with E-state index in [4.69, 9.17) is 4.74 Å². The van der Waals surface area contributed by atoms with E-state index in [1.54, 1.807) is 6.07 Å². The third kappa shape index (κ3) is 3.03. The van der Waals surface area contributed by atoms with Crippen LogP contribution in [0.1, 0.15) is 29.1 Å². The fourth-order valence-electron chi connectivity index (χ4n) is 1.67. The van der Waals surface area contributed by atoms with Crippen LogP contribution in [0.5, 0.6) is 10.8 Å². The number of carbonyl (C=O) groups excluding carboxylic acids is 1. The number of aryl methyl sites for hydroxylation is 1. The molecule has 104 valence electrons. The van der Waals surface area contributed by atoms with E-state index in [0.717, 1.165) is 23.3 Å². The minimum atomic E-state index is -0.540. The van der Waals surface area contributed by atoms with Gasteiger partial charge in [-0.25, -0.2) is 0 Å². The Morgan fingerprint density at radius 2 is 2.15 bits per heavy atom. The van der Waals surface area contributed by atoms with Gasteiger partial charge in [-0.15, -0.1) is 0 Å². The van der Waals surface area contributed by atoms with E-state index in [0.29, 0.717) is 10.6 Å². The predicted molar refractivity (Wildman–Crippen MR) is 76.9 cm³/mol. The van der Waals surface area contributed by atoms with E-state index in [-0.39, 0.29) is 16.5 Å². The van der Waals surface area contributed by atoms with Crippen molar-refractivity contribution in [2.45, 2.75) is 20.3 Å². The molecule has 0 unspecified atom stereocenters. The van der Waals surface area contributed by atoms with E-state index in [9.17, 15) is 14.9 Å². The Hall–Kier alpha value is -2.21. The molecule has 0 fully saturated rings. The van der Waals surface area contributed by atoms with Crippen LogP contribution in [0.3, 0.4) is 0 Å². The minimum Gasteiger partial charge on any atom is -0.440 e. The maximum absolute atomic E-state index is 11.3. The molecular weight excluding hydrogens is 278 g/mol. The second-order valence-electron chi connectivity index (χ2n) is 4.20. The number of benzene rings is 1. The van der Waals surface area contributed by atoms with Gasteiger partial charge in [0.25, 0.3) is 5.06 Å². The molecule has 1 heterocycles. The molecular formula is C14H13NO4S. The van der Waals surface area contributed by atoms with Crippen molar-refractivity contribution >= 4 is 22.8 Å². The summed E-state index contributed by atoms with van der Waals surface area (Å²) in [6.45, 7) is 3.39. The fraction of sp³-hybridized carbons (Fsp3) is 0.214. The minimum absolute atomic E-state index is 0.133. The molecule has 5 nitrogen and oxygen atoms in total. The first-order valence-electron chi connectivity index (χ1n) is 6.07. The molecule has 0 atom stereocenters. The lowest BCUT2D eigenvalue weighted by Crippen LogP contribution is -1.90. The molecule has 1 aromatic heterocycles. The van der Waals surface area contributed by atoms with Crippen LogP contribution in [-0.2, 0) is 6.42 Å². The molecule has 0 saturated heterocycles. The van der Waals surface area contributed by atoms with Crippen molar-refractivity contribution in [2.75, 3.05) is 0 Å². The van der Waals surface area contributed by atoms with E-state index in [2.05, 4.69) is 0 Å². The van der Waals surface area contributed by atoms with Crippen molar-refractivity contribution in [3.63, 3.8) is 0 Å². The lowest BCUT2D eigenvalue weighted by atomic mass is 10.2. The number of nitrogens with zero attached hydrogens (tertiary/aromatic N) is 1. The largest absolute Gasteiger partial charge is 0.440 e. The first-order chi connectivity index (χ1) is 9.51. The van der Waals surface area contributed by atoms with Crippen LogP contribution in [0, 0.1) is 10.1 Å². The molecule has 20 heavy (non-hydrogen) atoms. The van der Waals surface area contributed by atoms with Crippen LogP contribution in [0.25, 0.3) is 0 Å². The van der Waals surface area contributed by atoms with Crippen molar-refractivity contribution in [1.29, 1.82) is 0 Å². The normalized spacial score (nSPS) is 10.3. The summed E-state index contributed by atoms with van der Waals surface area (Å²) in [7, 11) is 0. The molecule has 0 N–H and O–H groups in total. The van der Waals surface area contributed by atoms with E-state index in [1.165, 1.54) is 13.0 Å². The summed E-state index contributed by atoms with van der Waals surface area (Å²) in [5.41, 5.74) is 0.899. The smallest absolute Gasteiger partial charge is 0.323 e. The van der Waals surface area contributed by atoms with E-state index >= 15 is 0 Å². The van der Waals surface area contributed by atoms with E-state index < -0.39 is 4.92 Å². The summed E-state index contributed by atoms with van der Waals surface area (Å²) in [6, 6.07) is 8.61. The molecule has 0 spiro atoms. The predicted octanol–water partition coefficient (Wildman–Crippen LogP) is 4.21. The molecule has 0 radical (unpaired) electrons. The Balaban J connectivity index is 2.36. The second kappa shape index (κ2) is 5.83. The number of Topliss-reactive ketones (excluding diaryl/α,β-unsaturated/α-hetero) is 1. The van der Waals surface area contributed by atoms with Crippen LogP contribution in [-0.4, -0.2) is 10.7 Å². The van der Waals surface area contributed by atoms with Crippen LogP contribution in [0.2, 0.25) is 0 Å². The van der Waals surface area contributed by atoms with Crippen LogP contribution in [0.4, 0.5) is 5.69 Å². The number of nitro groups is 1. The maximum Gasteiger partial charge on any atom is 0.323 e. The third-order valence-corrected chi connectivity index (χ3v) is 3.84. The Bertz CT molecular complexity index is 663. The Morgan fingerprint density at radius 1 is 1.40 bits per heavy atom. The third-order valence-electron chi connectivity index (χ3n) is 2.74. The summed E-state index contributed by atoms with van der Waals surface area (Å²) >= 11 is 0.991. The standard InChI is InChI=1S/C14H13NO4S/c1-3-10-5-4-6-11(7-10)19-14-12(15(17)18)8-13(20-14)9(2)16/h4-8H,3H2,1-2H3. The molecule has 0 aliphatic carbocycles. The zero-order valence-electron chi connectivity index (χ0n) is 11.1. The molecule has 0 amide bonds. The fourth-order valence-corrected chi connectivity index (χ4v) is 2.56. The monoisotopic (exact) mass is 291 g/mol. The van der Waals surface area contributed by atoms with Gasteiger partial charge in [-0.1, -0.05) is 30.4 Å². The maximum atomic E-state index is 11.3. The van der Waals surface area contributed by atoms with Crippen molar-refractivity contribution < 1.29 is 14.5 Å². The zero-order valence-corrected chi connectivity index (χ0v) is 11.9. The van der Waals surface area contributed by atoms with Crippen molar-refractivity contribution in [1.82, 2.24) is 0 Å². The number of hydrogen-bond donors (Lipinski definition) is 0. The number of hydrogen-bond acceptors (Lipinski definition) is 5. The van der Waals surface area contributed by atoms with Gasteiger partial charge in [0.15, 0.2) is 5.78 Å². The summed E-state index contributed by atoms with van der Waals surface area (Å²) in [5, 5.41) is 11.1. The summed E-state index contributed by atoms with van der Waals surface area (Å²) in [6.07, 6.45) is 0.850. The molecule has 1 aromatic carbocycles. The van der Waals surface area contributed by atoms with Crippen molar-refractivity contribution in [3.8, 4) is 10.8 Å². The van der Waals surface area contributed by atoms with Crippen molar-refractivity contribution in [2.24, 2.45) is 0 Å². The van der Waals surface area contributed by atoms with Gasteiger partial charge in [0, 0.05) is 6.07 Å². The van der Waals surface area contributed by atoms with Gasteiger partial charge in [-0.3, -0.25) is 14.9 Å². The topological polar surface area (TPSA) is 69.4 Å².